The summed E-state index contributed by atoms with van der Waals surface area (Å²) in [7, 11) is 0. The molecule has 1 heterocycles. The molecule has 0 spiro atoms. The zero-order chi connectivity index (χ0) is 21.8. The van der Waals surface area contributed by atoms with Gasteiger partial charge in [-0.15, -0.1) is 0 Å². The first kappa shape index (κ1) is 20.8. The van der Waals surface area contributed by atoms with Crippen molar-refractivity contribution in [2.75, 3.05) is 4.90 Å². The van der Waals surface area contributed by atoms with Crippen LogP contribution in [0.15, 0.2) is 84.9 Å². The third kappa shape index (κ3) is 4.67. The minimum atomic E-state index is -0.840. The Morgan fingerprint density at radius 1 is 0.871 bits per heavy atom. The van der Waals surface area contributed by atoms with Crippen LogP contribution in [0.2, 0.25) is 5.02 Å². The van der Waals surface area contributed by atoms with E-state index in [-0.39, 0.29) is 37.1 Å². The third-order valence-electron chi connectivity index (χ3n) is 5.30. The third-order valence-corrected chi connectivity index (χ3v) is 5.55. The zero-order valence-corrected chi connectivity index (χ0v) is 17.5. The predicted octanol–water partition coefficient (Wildman–Crippen LogP) is 4.24. The number of imide groups is 1. The van der Waals surface area contributed by atoms with Crippen molar-refractivity contribution in [1.82, 2.24) is 4.90 Å². The van der Waals surface area contributed by atoms with Gasteiger partial charge in [-0.05, 0) is 35.4 Å². The van der Waals surface area contributed by atoms with Crippen LogP contribution in [0, 0.1) is 0 Å². The SMILES string of the molecule is O=C1CC(N(Cc2ccccc2)C(=O)Cc2ccc(Cl)cc2)C(=O)N1c1ccccc1. The normalized spacial score (nSPS) is 15.9. The standard InChI is InChI=1S/C25H21ClN2O3/c26-20-13-11-18(12-14-20)15-23(29)27(17-19-7-3-1-4-8-19)22-16-24(30)28(25(22)31)21-9-5-2-6-10-21/h1-14,22H,15-17H2. The molecule has 3 aromatic rings. The van der Waals surface area contributed by atoms with Gasteiger partial charge in [0.1, 0.15) is 6.04 Å². The molecule has 4 rings (SSSR count). The monoisotopic (exact) mass is 432 g/mol. The maximum atomic E-state index is 13.3. The Kier molecular flexibility index (Phi) is 6.14. The van der Waals surface area contributed by atoms with E-state index in [9.17, 15) is 14.4 Å². The summed E-state index contributed by atoms with van der Waals surface area (Å²) in [6.45, 7) is 0.250. The van der Waals surface area contributed by atoms with Crippen molar-refractivity contribution in [3.63, 3.8) is 0 Å². The van der Waals surface area contributed by atoms with E-state index in [0.29, 0.717) is 10.7 Å². The van der Waals surface area contributed by atoms with Crippen molar-refractivity contribution in [1.29, 1.82) is 0 Å². The van der Waals surface area contributed by atoms with Crippen molar-refractivity contribution in [2.45, 2.75) is 25.4 Å². The minimum Gasteiger partial charge on any atom is -0.325 e. The molecule has 0 aromatic heterocycles. The van der Waals surface area contributed by atoms with Gasteiger partial charge in [0.05, 0.1) is 18.5 Å². The first-order valence-corrected chi connectivity index (χ1v) is 10.4. The van der Waals surface area contributed by atoms with Crippen LogP contribution in [0.4, 0.5) is 5.69 Å². The fourth-order valence-corrected chi connectivity index (χ4v) is 3.86. The number of hydrogen-bond donors (Lipinski definition) is 0. The Bertz CT molecular complexity index is 1080. The summed E-state index contributed by atoms with van der Waals surface area (Å²) < 4.78 is 0. The second-order valence-corrected chi connectivity index (χ2v) is 7.87. The molecule has 0 N–H and O–H groups in total. The molecule has 1 aliphatic rings. The molecule has 3 aromatic carbocycles. The summed E-state index contributed by atoms with van der Waals surface area (Å²) in [6, 6.07) is 24.5. The molecule has 1 saturated heterocycles. The Morgan fingerprint density at radius 2 is 1.48 bits per heavy atom. The Morgan fingerprint density at radius 3 is 2.13 bits per heavy atom. The number of hydrogen-bond acceptors (Lipinski definition) is 3. The first-order chi connectivity index (χ1) is 15.0. The number of amides is 3. The largest absolute Gasteiger partial charge is 0.325 e. The Labute approximate surface area is 185 Å². The second-order valence-electron chi connectivity index (χ2n) is 7.43. The van der Waals surface area contributed by atoms with Crippen molar-refractivity contribution >= 4 is 35.0 Å². The number of para-hydroxylation sites is 1. The lowest BCUT2D eigenvalue weighted by Crippen LogP contribution is -2.45. The average Bonchev–Trinajstić information content (AvgIpc) is 3.08. The molecule has 1 unspecified atom stereocenters. The van der Waals surface area contributed by atoms with E-state index in [1.165, 1.54) is 9.80 Å². The van der Waals surface area contributed by atoms with Gasteiger partial charge in [0.25, 0.3) is 5.91 Å². The summed E-state index contributed by atoms with van der Waals surface area (Å²) in [5.41, 5.74) is 2.21. The van der Waals surface area contributed by atoms with Crippen LogP contribution < -0.4 is 4.90 Å². The summed E-state index contributed by atoms with van der Waals surface area (Å²) in [6.07, 6.45) is 0.0836. The summed E-state index contributed by atoms with van der Waals surface area (Å²) in [4.78, 5) is 42.0. The highest BCUT2D eigenvalue weighted by Gasteiger charge is 2.44. The van der Waals surface area contributed by atoms with Crippen LogP contribution in [0.3, 0.4) is 0 Å². The van der Waals surface area contributed by atoms with Crippen LogP contribution in [-0.4, -0.2) is 28.7 Å². The van der Waals surface area contributed by atoms with Gasteiger partial charge in [0.15, 0.2) is 0 Å². The predicted molar refractivity (Wildman–Crippen MR) is 119 cm³/mol. The highest BCUT2D eigenvalue weighted by atomic mass is 35.5. The lowest BCUT2D eigenvalue weighted by molar-refractivity contribution is -0.138. The van der Waals surface area contributed by atoms with Crippen LogP contribution in [-0.2, 0) is 27.3 Å². The van der Waals surface area contributed by atoms with Gasteiger partial charge in [0, 0.05) is 11.6 Å². The number of nitrogens with zero attached hydrogens (tertiary/aromatic N) is 2. The van der Waals surface area contributed by atoms with Crippen molar-refractivity contribution in [3.05, 3.63) is 101 Å². The fraction of sp³-hybridized carbons (Fsp3) is 0.160. The van der Waals surface area contributed by atoms with Gasteiger partial charge in [0.2, 0.25) is 11.8 Å². The lowest BCUT2D eigenvalue weighted by atomic mass is 10.1. The van der Waals surface area contributed by atoms with E-state index in [4.69, 9.17) is 11.6 Å². The van der Waals surface area contributed by atoms with E-state index in [2.05, 4.69) is 0 Å². The Balaban J connectivity index is 1.62. The molecule has 1 atom stereocenters. The van der Waals surface area contributed by atoms with Crippen LogP contribution in [0.1, 0.15) is 17.5 Å². The molecule has 31 heavy (non-hydrogen) atoms. The minimum absolute atomic E-state index is 0.0348. The molecule has 156 valence electrons. The lowest BCUT2D eigenvalue weighted by Gasteiger charge is -2.28. The first-order valence-electron chi connectivity index (χ1n) is 10.0. The Hall–Kier alpha value is -3.44. The smallest absolute Gasteiger partial charge is 0.257 e. The summed E-state index contributed by atoms with van der Waals surface area (Å²) in [5.74, 6) is -0.901. The molecule has 0 aliphatic carbocycles. The van der Waals surface area contributed by atoms with Gasteiger partial charge in [-0.3, -0.25) is 14.4 Å². The quantitative estimate of drug-likeness (QED) is 0.547. The van der Waals surface area contributed by atoms with Gasteiger partial charge in [-0.1, -0.05) is 72.3 Å². The van der Waals surface area contributed by atoms with Gasteiger partial charge >= 0.3 is 0 Å². The number of rotatable bonds is 6. The molecular weight excluding hydrogens is 412 g/mol. The highest BCUT2D eigenvalue weighted by Crippen LogP contribution is 2.27. The van der Waals surface area contributed by atoms with Gasteiger partial charge in [-0.25, -0.2) is 4.90 Å². The molecule has 0 radical (unpaired) electrons. The van der Waals surface area contributed by atoms with Crippen molar-refractivity contribution < 1.29 is 14.4 Å². The highest BCUT2D eigenvalue weighted by molar-refractivity contribution is 6.30. The van der Waals surface area contributed by atoms with Crippen molar-refractivity contribution in [3.8, 4) is 0 Å². The van der Waals surface area contributed by atoms with E-state index in [0.717, 1.165) is 11.1 Å². The fourth-order valence-electron chi connectivity index (χ4n) is 3.74. The van der Waals surface area contributed by atoms with Crippen LogP contribution in [0.5, 0.6) is 0 Å². The maximum absolute atomic E-state index is 13.3. The van der Waals surface area contributed by atoms with Gasteiger partial charge in [-0.2, -0.15) is 0 Å². The van der Waals surface area contributed by atoms with Crippen LogP contribution >= 0.6 is 11.6 Å². The molecule has 5 nitrogen and oxygen atoms in total. The molecule has 0 saturated carbocycles. The topological polar surface area (TPSA) is 57.7 Å². The van der Waals surface area contributed by atoms with E-state index in [1.54, 1.807) is 48.5 Å². The van der Waals surface area contributed by atoms with Crippen LogP contribution in [0.25, 0.3) is 0 Å². The van der Waals surface area contributed by atoms with E-state index < -0.39 is 6.04 Å². The molecular formula is C25H21ClN2O3. The molecule has 3 amide bonds. The molecule has 1 fully saturated rings. The molecule has 1 aliphatic heterocycles. The summed E-state index contributed by atoms with van der Waals surface area (Å²) >= 11 is 5.95. The number of carbonyl (C=O) groups excluding carboxylic acids is 3. The molecule has 6 heteroatoms. The second kappa shape index (κ2) is 9.14. The number of anilines is 1. The maximum Gasteiger partial charge on any atom is 0.257 e. The number of benzene rings is 3. The number of carbonyl (C=O) groups is 3. The van der Waals surface area contributed by atoms with E-state index in [1.807, 2.05) is 36.4 Å². The average molecular weight is 433 g/mol. The number of halogens is 1. The van der Waals surface area contributed by atoms with Gasteiger partial charge < -0.3 is 4.90 Å². The van der Waals surface area contributed by atoms with Crippen molar-refractivity contribution in [2.24, 2.45) is 0 Å². The summed E-state index contributed by atoms with van der Waals surface area (Å²) in [5, 5.41) is 0.590. The van der Waals surface area contributed by atoms with E-state index >= 15 is 0 Å². The molecule has 0 bridgehead atoms. The zero-order valence-electron chi connectivity index (χ0n) is 16.8.